The normalized spacial score (nSPS) is 21.6. The monoisotopic (exact) mass is 268 g/mol. The SMILES string of the molecule is C=C(C#N)C1(O)C(=O)Nc2c(Cl)cc(Cl)cc21. The topological polar surface area (TPSA) is 73.1 Å². The zero-order valence-corrected chi connectivity index (χ0v) is 9.93. The first-order chi connectivity index (χ1) is 7.91. The van der Waals surface area contributed by atoms with Gasteiger partial charge in [0.15, 0.2) is 0 Å². The van der Waals surface area contributed by atoms with Gasteiger partial charge in [-0.3, -0.25) is 4.79 Å². The first-order valence-corrected chi connectivity index (χ1v) is 5.29. The fourth-order valence-corrected chi connectivity index (χ4v) is 2.23. The van der Waals surface area contributed by atoms with Gasteiger partial charge in [-0.05, 0) is 12.1 Å². The van der Waals surface area contributed by atoms with E-state index < -0.39 is 11.5 Å². The van der Waals surface area contributed by atoms with Crippen molar-refractivity contribution in [1.82, 2.24) is 0 Å². The molecule has 1 heterocycles. The molecule has 0 saturated heterocycles. The van der Waals surface area contributed by atoms with Crippen LogP contribution in [0.3, 0.4) is 0 Å². The number of rotatable bonds is 1. The Labute approximate surface area is 107 Å². The van der Waals surface area contributed by atoms with E-state index in [1.807, 2.05) is 0 Å². The van der Waals surface area contributed by atoms with Crippen LogP contribution in [-0.2, 0) is 10.4 Å². The maximum atomic E-state index is 11.7. The van der Waals surface area contributed by atoms with Gasteiger partial charge in [-0.1, -0.05) is 29.8 Å². The fraction of sp³-hybridized carbons (Fsp3) is 0.0909. The summed E-state index contributed by atoms with van der Waals surface area (Å²) in [6.07, 6.45) is 0. The molecule has 4 nitrogen and oxygen atoms in total. The Kier molecular flexibility index (Phi) is 2.63. The summed E-state index contributed by atoms with van der Waals surface area (Å²) in [6.45, 7) is 3.38. The number of hydrogen-bond acceptors (Lipinski definition) is 3. The number of anilines is 1. The minimum atomic E-state index is -2.10. The average Bonchev–Trinajstić information content (AvgIpc) is 2.53. The summed E-state index contributed by atoms with van der Waals surface area (Å²) in [6, 6.07) is 4.48. The van der Waals surface area contributed by atoms with Crippen LogP contribution in [0.2, 0.25) is 10.0 Å². The second-order valence-electron chi connectivity index (χ2n) is 3.57. The third-order valence-corrected chi connectivity index (χ3v) is 3.10. The van der Waals surface area contributed by atoms with E-state index >= 15 is 0 Å². The van der Waals surface area contributed by atoms with Crippen LogP contribution in [0.1, 0.15) is 5.56 Å². The molecule has 86 valence electrons. The van der Waals surface area contributed by atoms with Crippen molar-refractivity contribution in [3.05, 3.63) is 39.9 Å². The molecule has 1 unspecified atom stereocenters. The molecular weight excluding hydrogens is 263 g/mol. The second-order valence-corrected chi connectivity index (χ2v) is 4.41. The van der Waals surface area contributed by atoms with Crippen LogP contribution >= 0.6 is 23.2 Å². The molecule has 1 aliphatic rings. The maximum absolute atomic E-state index is 11.7. The molecule has 1 amide bonds. The van der Waals surface area contributed by atoms with Crippen LogP contribution in [0.15, 0.2) is 24.3 Å². The smallest absolute Gasteiger partial charge is 0.266 e. The van der Waals surface area contributed by atoms with Crippen LogP contribution < -0.4 is 5.32 Å². The molecule has 0 radical (unpaired) electrons. The quantitative estimate of drug-likeness (QED) is 0.767. The Bertz CT molecular complexity index is 592. The Morgan fingerprint density at radius 3 is 2.76 bits per heavy atom. The zero-order valence-electron chi connectivity index (χ0n) is 8.42. The molecule has 0 spiro atoms. The molecule has 6 heteroatoms. The van der Waals surface area contributed by atoms with Crippen LogP contribution in [0.25, 0.3) is 0 Å². The van der Waals surface area contributed by atoms with Crippen molar-refractivity contribution >= 4 is 34.8 Å². The number of nitriles is 1. The van der Waals surface area contributed by atoms with Gasteiger partial charge < -0.3 is 10.4 Å². The van der Waals surface area contributed by atoms with Gasteiger partial charge >= 0.3 is 0 Å². The molecule has 1 aliphatic heterocycles. The first kappa shape index (κ1) is 11.9. The molecule has 1 atom stereocenters. The Morgan fingerprint density at radius 2 is 2.18 bits per heavy atom. The molecule has 0 saturated carbocycles. The molecular formula is C11H6Cl2N2O2. The molecule has 0 fully saturated rings. The highest BCUT2D eigenvalue weighted by atomic mass is 35.5. The number of fused-ring (bicyclic) bond motifs is 1. The predicted octanol–water partition coefficient (Wildman–Crippen LogP) is 2.21. The van der Waals surface area contributed by atoms with Crippen LogP contribution in [0, 0.1) is 11.3 Å². The Balaban J connectivity index is 2.75. The van der Waals surface area contributed by atoms with E-state index in [2.05, 4.69) is 11.9 Å². The van der Waals surface area contributed by atoms with Crippen molar-refractivity contribution < 1.29 is 9.90 Å². The lowest BCUT2D eigenvalue weighted by atomic mass is 9.89. The van der Waals surface area contributed by atoms with Crippen LogP contribution in [0.5, 0.6) is 0 Å². The summed E-state index contributed by atoms with van der Waals surface area (Å²) < 4.78 is 0. The third kappa shape index (κ3) is 1.52. The average molecular weight is 269 g/mol. The van der Waals surface area contributed by atoms with Crippen molar-refractivity contribution in [2.24, 2.45) is 0 Å². The summed E-state index contributed by atoms with van der Waals surface area (Å²) in [4.78, 5) is 11.7. The first-order valence-electron chi connectivity index (χ1n) is 4.54. The fourth-order valence-electron chi connectivity index (χ4n) is 1.69. The van der Waals surface area contributed by atoms with Gasteiger partial charge in [-0.15, -0.1) is 0 Å². The summed E-state index contributed by atoms with van der Waals surface area (Å²) in [7, 11) is 0. The van der Waals surface area contributed by atoms with E-state index in [1.54, 1.807) is 6.07 Å². The van der Waals surface area contributed by atoms with E-state index in [9.17, 15) is 9.90 Å². The number of benzene rings is 1. The number of hydrogen-bond donors (Lipinski definition) is 2. The number of aliphatic hydroxyl groups is 1. The molecule has 1 aromatic rings. The summed E-state index contributed by atoms with van der Waals surface area (Å²) >= 11 is 11.7. The van der Waals surface area contributed by atoms with Gasteiger partial charge in [-0.25, -0.2) is 0 Å². The van der Waals surface area contributed by atoms with Gasteiger partial charge in [-0.2, -0.15) is 5.26 Å². The standard InChI is InChI=1S/C11H6Cl2N2O2/c1-5(4-14)11(17)7-2-6(12)3-8(13)9(7)15-10(11)16/h2-3,17H,1H2,(H,15,16). The summed E-state index contributed by atoms with van der Waals surface area (Å²) in [5.41, 5.74) is -1.99. The highest BCUT2D eigenvalue weighted by Crippen LogP contribution is 2.45. The molecule has 1 aromatic carbocycles. The van der Waals surface area contributed by atoms with Crippen molar-refractivity contribution in [3.63, 3.8) is 0 Å². The van der Waals surface area contributed by atoms with Crippen molar-refractivity contribution in [2.75, 3.05) is 5.32 Å². The van der Waals surface area contributed by atoms with Gasteiger partial charge in [0.2, 0.25) is 5.60 Å². The maximum Gasteiger partial charge on any atom is 0.266 e. The van der Waals surface area contributed by atoms with Gasteiger partial charge in [0.25, 0.3) is 5.91 Å². The predicted molar refractivity (Wildman–Crippen MR) is 63.7 cm³/mol. The third-order valence-electron chi connectivity index (χ3n) is 2.58. The van der Waals surface area contributed by atoms with Crippen LogP contribution in [0.4, 0.5) is 5.69 Å². The number of halogens is 2. The van der Waals surface area contributed by atoms with Gasteiger partial charge in [0, 0.05) is 10.6 Å². The largest absolute Gasteiger partial charge is 0.371 e. The minimum absolute atomic E-state index is 0.145. The molecule has 2 rings (SSSR count). The lowest BCUT2D eigenvalue weighted by Gasteiger charge is -2.18. The number of nitrogens with zero attached hydrogens (tertiary/aromatic N) is 1. The number of carbonyl (C=O) groups excluding carboxylic acids is 1. The minimum Gasteiger partial charge on any atom is -0.371 e. The summed E-state index contributed by atoms with van der Waals surface area (Å²) in [5.74, 6) is -0.761. The molecule has 0 aromatic heterocycles. The lowest BCUT2D eigenvalue weighted by molar-refractivity contribution is -0.129. The highest BCUT2D eigenvalue weighted by molar-refractivity contribution is 6.37. The molecule has 2 N–H and O–H groups in total. The van der Waals surface area contributed by atoms with E-state index in [0.717, 1.165) is 0 Å². The van der Waals surface area contributed by atoms with Crippen molar-refractivity contribution in [2.45, 2.75) is 5.60 Å². The summed E-state index contributed by atoms with van der Waals surface area (Å²) in [5, 5.41) is 21.9. The van der Waals surface area contributed by atoms with Crippen molar-refractivity contribution in [3.8, 4) is 6.07 Å². The van der Waals surface area contributed by atoms with E-state index in [0.29, 0.717) is 0 Å². The van der Waals surface area contributed by atoms with Gasteiger partial charge in [0.1, 0.15) is 0 Å². The number of carbonyl (C=O) groups is 1. The molecule has 17 heavy (non-hydrogen) atoms. The Morgan fingerprint density at radius 1 is 1.53 bits per heavy atom. The van der Waals surface area contributed by atoms with E-state index in [-0.39, 0.29) is 26.9 Å². The molecule has 0 bridgehead atoms. The van der Waals surface area contributed by atoms with E-state index in [4.69, 9.17) is 28.5 Å². The lowest BCUT2D eigenvalue weighted by Crippen LogP contribution is -2.35. The second kappa shape index (κ2) is 3.74. The van der Waals surface area contributed by atoms with Gasteiger partial charge in [0.05, 0.1) is 22.4 Å². The van der Waals surface area contributed by atoms with Crippen LogP contribution in [-0.4, -0.2) is 11.0 Å². The Hall–Kier alpha value is -1.54. The number of amides is 1. The molecule has 0 aliphatic carbocycles. The number of nitrogens with one attached hydrogen (secondary N) is 1. The van der Waals surface area contributed by atoms with E-state index in [1.165, 1.54) is 12.1 Å². The zero-order chi connectivity index (χ0) is 12.8. The van der Waals surface area contributed by atoms with Crippen molar-refractivity contribution in [1.29, 1.82) is 5.26 Å². The highest BCUT2D eigenvalue weighted by Gasteiger charge is 2.49.